The Hall–Kier alpha value is -0.750. The van der Waals surface area contributed by atoms with Crippen molar-refractivity contribution in [2.24, 2.45) is 5.16 Å². The molecular formula is C11H13Br2NO3. The second-order valence-corrected chi connectivity index (χ2v) is 4.62. The van der Waals surface area contributed by atoms with Gasteiger partial charge in [0.1, 0.15) is 0 Å². The van der Waals surface area contributed by atoms with Crippen LogP contribution in [-0.2, 0) is 0 Å². The first kappa shape index (κ1) is 14.3. The van der Waals surface area contributed by atoms with Gasteiger partial charge in [-0.15, -0.1) is 0 Å². The minimum Gasteiger partial charge on any atom is -0.490 e. The molecule has 1 aromatic carbocycles. The highest BCUT2D eigenvalue weighted by molar-refractivity contribution is 9.13. The largest absolute Gasteiger partial charge is 0.490 e. The van der Waals surface area contributed by atoms with Crippen LogP contribution in [0.25, 0.3) is 0 Å². The van der Waals surface area contributed by atoms with Crippen LogP contribution in [0.3, 0.4) is 0 Å². The van der Waals surface area contributed by atoms with Gasteiger partial charge in [0.25, 0.3) is 0 Å². The van der Waals surface area contributed by atoms with Gasteiger partial charge in [0, 0.05) is 10.0 Å². The monoisotopic (exact) mass is 365 g/mol. The number of oxime groups is 1. The SMILES string of the molecule is CCOc1cc(C=NO)c(Br)c(Br)c1OCC. The predicted molar refractivity (Wildman–Crippen MR) is 73.6 cm³/mol. The summed E-state index contributed by atoms with van der Waals surface area (Å²) in [4.78, 5) is 0. The topological polar surface area (TPSA) is 51.0 Å². The fourth-order valence-electron chi connectivity index (χ4n) is 1.30. The van der Waals surface area contributed by atoms with Gasteiger partial charge in [-0.1, -0.05) is 5.16 Å². The van der Waals surface area contributed by atoms with E-state index in [4.69, 9.17) is 14.7 Å². The van der Waals surface area contributed by atoms with Crippen LogP contribution in [0.2, 0.25) is 0 Å². The van der Waals surface area contributed by atoms with Gasteiger partial charge in [-0.3, -0.25) is 0 Å². The molecule has 0 atom stereocenters. The van der Waals surface area contributed by atoms with E-state index < -0.39 is 0 Å². The maximum atomic E-state index is 8.59. The standard InChI is InChI=1S/C11H13Br2NO3/c1-3-16-8-5-7(6-14-15)9(12)10(13)11(8)17-4-2/h5-6,15H,3-4H2,1-2H3. The van der Waals surface area contributed by atoms with Crippen molar-refractivity contribution in [3.05, 3.63) is 20.6 Å². The van der Waals surface area contributed by atoms with Crippen LogP contribution in [0.1, 0.15) is 19.4 Å². The summed E-state index contributed by atoms with van der Waals surface area (Å²) >= 11 is 6.83. The summed E-state index contributed by atoms with van der Waals surface area (Å²) in [5.74, 6) is 1.25. The Balaban J connectivity index is 3.33. The van der Waals surface area contributed by atoms with Crippen LogP contribution >= 0.6 is 31.9 Å². The number of hydrogen-bond donors (Lipinski definition) is 1. The summed E-state index contributed by atoms with van der Waals surface area (Å²) in [5, 5.41) is 11.6. The zero-order valence-electron chi connectivity index (χ0n) is 9.54. The third-order valence-corrected chi connectivity index (χ3v) is 4.08. The Morgan fingerprint density at radius 2 is 1.88 bits per heavy atom. The molecule has 1 N–H and O–H groups in total. The molecule has 4 nitrogen and oxygen atoms in total. The maximum absolute atomic E-state index is 8.59. The Morgan fingerprint density at radius 1 is 1.24 bits per heavy atom. The van der Waals surface area contributed by atoms with Crippen LogP contribution in [0, 0.1) is 0 Å². The number of hydrogen-bond acceptors (Lipinski definition) is 4. The molecule has 6 heteroatoms. The molecule has 0 aromatic heterocycles. The zero-order chi connectivity index (χ0) is 12.8. The molecule has 0 aliphatic carbocycles. The fraction of sp³-hybridized carbons (Fsp3) is 0.364. The van der Waals surface area contributed by atoms with E-state index >= 15 is 0 Å². The molecule has 0 amide bonds. The first-order valence-electron chi connectivity index (χ1n) is 5.10. The molecule has 0 saturated heterocycles. The summed E-state index contributed by atoms with van der Waals surface area (Å²) in [6, 6.07) is 1.75. The Kier molecular flexibility index (Phi) is 5.77. The summed E-state index contributed by atoms with van der Waals surface area (Å²) in [6.45, 7) is 4.87. The zero-order valence-corrected chi connectivity index (χ0v) is 12.7. The molecule has 0 aliphatic rings. The minimum absolute atomic E-state index is 0.532. The lowest BCUT2D eigenvalue weighted by Gasteiger charge is -2.15. The lowest BCUT2D eigenvalue weighted by molar-refractivity contribution is 0.286. The normalized spacial score (nSPS) is 10.8. The van der Waals surface area contributed by atoms with Gasteiger partial charge in [0.05, 0.1) is 23.9 Å². The van der Waals surface area contributed by atoms with Gasteiger partial charge in [-0.05, 0) is 51.8 Å². The highest BCUT2D eigenvalue weighted by atomic mass is 79.9. The average Bonchev–Trinajstić information content (AvgIpc) is 2.31. The molecule has 1 aromatic rings. The van der Waals surface area contributed by atoms with Crippen molar-refractivity contribution in [3.63, 3.8) is 0 Å². The highest BCUT2D eigenvalue weighted by Gasteiger charge is 2.16. The summed E-state index contributed by atoms with van der Waals surface area (Å²) in [7, 11) is 0. The molecule has 0 radical (unpaired) electrons. The molecule has 0 fully saturated rings. The molecule has 0 unspecified atom stereocenters. The Labute approximate surface area is 117 Å². The third kappa shape index (κ3) is 3.35. The van der Waals surface area contributed by atoms with Crippen molar-refractivity contribution in [1.82, 2.24) is 0 Å². The fourth-order valence-corrected chi connectivity index (χ4v) is 2.24. The van der Waals surface area contributed by atoms with E-state index in [1.807, 2.05) is 13.8 Å². The van der Waals surface area contributed by atoms with E-state index in [0.717, 1.165) is 8.95 Å². The summed E-state index contributed by atoms with van der Waals surface area (Å²) < 4.78 is 12.5. The van der Waals surface area contributed by atoms with Crippen LogP contribution in [0.15, 0.2) is 20.2 Å². The van der Waals surface area contributed by atoms with Crippen molar-refractivity contribution >= 4 is 38.1 Å². The predicted octanol–water partition coefficient (Wildman–Crippen LogP) is 3.82. The first-order valence-corrected chi connectivity index (χ1v) is 6.69. The van der Waals surface area contributed by atoms with Gasteiger partial charge in [-0.2, -0.15) is 0 Å². The molecule has 0 bridgehead atoms. The smallest absolute Gasteiger partial charge is 0.176 e. The van der Waals surface area contributed by atoms with E-state index in [0.29, 0.717) is 30.3 Å². The number of benzene rings is 1. The van der Waals surface area contributed by atoms with Crippen LogP contribution in [-0.4, -0.2) is 24.6 Å². The molecule has 0 heterocycles. The second-order valence-electron chi connectivity index (χ2n) is 3.03. The third-order valence-electron chi connectivity index (χ3n) is 1.94. The van der Waals surface area contributed by atoms with Gasteiger partial charge in [0.15, 0.2) is 11.5 Å². The van der Waals surface area contributed by atoms with Gasteiger partial charge in [0.2, 0.25) is 0 Å². The highest BCUT2D eigenvalue weighted by Crippen LogP contribution is 2.42. The number of nitrogens with zero attached hydrogens (tertiary/aromatic N) is 1. The van der Waals surface area contributed by atoms with Crippen molar-refractivity contribution in [1.29, 1.82) is 0 Å². The van der Waals surface area contributed by atoms with Crippen molar-refractivity contribution in [2.45, 2.75) is 13.8 Å². The van der Waals surface area contributed by atoms with E-state index in [1.54, 1.807) is 6.07 Å². The number of rotatable bonds is 5. The average molecular weight is 367 g/mol. The second kappa shape index (κ2) is 6.86. The van der Waals surface area contributed by atoms with Crippen LogP contribution in [0.5, 0.6) is 11.5 Å². The molecule has 94 valence electrons. The van der Waals surface area contributed by atoms with Gasteiger partial charge >= 0.3 is 0 Å². The van der Waals surface area contributed by atoms with Crippen LogP contribution in [0.4, 0.5) is 0 Å². The first-order chi connectivity index (χ1) is 8.15. The number of ether oxygens (including phenoxy) is 2. The maximum Gasteiger partial charge on any atom is 0.176 e. The summed E-state index contributed by atoms with van der Waals surface area (Å²) in [6.07, 6.45) is 1.33. The van der Waals surface area contributed by atoms with Gasteiger partial charge in [-0.25, -0.2) is 0 Å². The lowest BCUT2D eigenvalue weighted by Crippen LogP contribution is -2.01. The molecule has 0 aliphatic heterocycles. The van der Waals surface area contributed by atoms with Crippen molar-refractivity contribution in [3.8, 4) is 11.5 Å². The molecular weight excluding hydrogens is 354 g/mol. The van der Waals surface area contributed by atoms with E-state index in [1.165, 1.54) is 6.21 Å². The van der Waals surface area contributed by atoms with Crippen LogP contribution < -0.4 is 9.47 Å². The lowest BCUT2D eigenvalue weighted by atomic mass is 10.2. The van der Waals surface area contributed by atoms with E-state index in [2.05, 4.69) is 37.0 Å². The Morgan fingerprint density at radius 3 is 2.41 bits per heavy atom. The van der Waals surface area contributed by atoms with Crippen molar-refractivity contribution < 1.29 is 14.7 Å². The number of halogens is 2. The van der Waals surface area contributed by atoms with Crippen molar-refractivity contribution in [2.75, 3.05) is 13.2 Å². The quantitative estimate of drug-likeness (QED) is 0.489. The molecule has 17 heavy (non-hydrogen) atoms. The Bertz CT molecular complexity index is 422. The van der Waals surface area contributed by atoms with Gasteiger partial charge < -0.3 is 14.7 Å². The minimum atomic E-state index is 0.532. The molecule has 1 rings (SSSR count). The van der Waals surface area contributed by atoms with E-state index in [9.17, 15) is 0 Å². The molecule has 0 spiro atoms. The molecule has 0 saturated carbocycles. The van der Waals surface area contributed by atoms with E-state index in [-0.39, 0.29) is 0 Å². The summed E-state index contributed by atoms with van der Waals surface area (Å²) in [5.41, 5.74) is 0.700.